The molecule has 0 saturated carbocycles. The number of nitrogens with zero attached hydrogens (tertiary/aromatic N) is 3. The number of nitrogens with one attached hydrogen (secondary N) is 2. The van der Waals surface area contributed by atoms with Crippen molar-refractivity contribution in [3.05, 3.63) is 18.3 Å². The largest absolute Gasteiger partial charge is 0.369 e. The molecule has 2 N–H and O–H groups in total. The monoisotopic (exact) mass is 349 g/mol. The molecule has 9 heteroatoms. The Kier molecular flexibility index (Phi) is 3.64. The van der Waals surface area contributed by atoms with Crippen molar-refractivity contribution in [2.75, 3.05) is 24.6 Å². The van der Waals surface area contributed by atoms with Gasteiger partial charge in [-0.15, -0.1) is 0 Å². The Bertz CT molecular complexity index is 731. The Morgan fingerprint density at radius 1 is 1.52 bits per heavy atom. The van der Waals surface area contributed by atoms with Crippen molar-refractivity contribution in [3.63, 3.8) is 0 Å². The lowest BCUT2D eigenvalue weighted by molar-refractivity contribution is -0.130. The highest BCUT2D eigenvalue weighted by molar-refractivity contribution is 5.94. The molecule has 0 spiro atoms. The highest BCUT2D eigenvalue weighted by Gasteiger charge is 2.52. The van der Waals surface area contributed by atoms with Gasteiger partial charge in [0.2, 0.25) is 11.8 Å². The van der Waals surface area contributed by atoms with Crippen LogP contribution in [0.15, 0.2) is 12.4 Å². The average Bonchev–Trinajstić information content (AvgIpc) is 3.27. The van der Waals surface area contributed by atoms with E-state index in [2.05, 4.69) is 20.6 Å². The van der Waals surface area contributed by atoms with E-state index >= 15 is 0 Å². The Balaban J connectivity index is 1.43. The number of halogens is 1. The van der Waals surface area contributed by atoms with Crippen LogP contribution in [0.25, 0.3) is 0 Å². The quantitative estimate of drug-likeness (QED) is 0.778. The van der Waals surface area contributed by atoms with E-state index in [1.165, 1.54) is 12.4 Å². The van der Waals surface area contributed by atoms with Crippen LogP contribution in [-0.2, 0) is 14.3 Å². The van der Waals surface area contributed by atoms with Gasteiger partial charge in [0.25, 0.3) is 5.95 Å². The minimum absolute atomic E-state index is 0.0184. The van der Waals surface area contributed by atoms with E-state index in [1.54, 1.807) is 6.92 Å². The molecule has 0 aromatic carbocycles. The molecule has 2 amide bonds. The maximum absolute atomic E-state index is 13.9. The van der Waals surface area contributed by atoms with Gasteiger partial charge in [0.1, 0.15) is 11.1 Å². The van der Waals surface area contributed by atoms with Crippen LogP contribution < -0.4 is 15.5 Å². The summed E-state index contributed by atoms with van der Waals surface area (Å²) in [6.07, 6.45) is 4.30. The first-order chi connectivity index (χ1) is 11.9. The zero-order valence-corrected chi connectivity index (χ0v) is 13.9. The third-order valence-corrected chi connectivity index (χ3v) is 5.34. The number of ether oxygens (including phenoxy) is 1. The Hall–Kier alpha value is -2.29. The molecule has 2 bridgehead atoms. The fraction of sp³-hybridized carbons (Fsp3) is 0.625. The summed E-state index contributed by atoms with van der Waals surface area (Å²) in [7, 11) is 0. The van der Waals surface area contributed by atoms with E-state index in [9.17, 15) is 14.0 Å². The van der Waals surface area contributed by atoms with Gasteiger partial charge >= 0.3 is 0 Å². The summed E-state index contributed by atoms with van der Waals surface area (Å²) < 4.78 is 19.8. The zero-order chi connectivity index (χ0) is 17.7. The summed E-state index contributed by atoms with van der Waals surface area (Å²) >= 11 is 0. The van der Waals surface area contributed by atoms with Crippen molar-refractivity contribution >= 4 is 17.6 Å². The highest BCUT2D eigenvalue weighted by Crippen LogP contribution is 2.39. The molecule has 3 fully saturated rings. The van der Waals surface area contributed by atoms with Gasteiger partial charge in [0.15, 0.2) is 5.82 Å². The van der Waals surface area contributed by atoms with Crippen LogP contribution in [0.5, 0.6) is 0 Å². The molecule has 3 saturated heterocycles. The fourth-order valence-electron chi connectivity index (χ4n) is 3.91. The Labute approximate surface area is 144 Å². The second kappa shape index (κ2) is 5.62. The summed E-state index contributed by atoms with van der Waals surface area (Å²) in [5.74, 6) is -0.712. The molecule has 0 aliphatic carbocycles. The maximum Gasteiger partial charge on any atom is 0.255 e. The molecular formula is C16H20FN5O3. The number of hydrogen-bond donors (Lipinski definition) is 2. The Morgan fingerprint density at radius 2 is 2.32 bits per heavy atom. The van der Waals surface area contributed by atoms with Gasteiger partial charge in [-0.05, 0) is 13.3 Å². The van der Waals surface area contributed by atoms with E-state index in [4.69, 9.17) is 4.74 Å². The SMILES string of the molecule is CC1(C(=O)NCC23CC(CO2)N(c2nccnc2F)C3)CCC(=O)N1. The third kappa shape index (κ3) is 2.72. The van der Waals surface area contributed by atoms with E-state index in [0.29, 0.717) is 39.0 Å². The lowest BCUT2D eigenvalue weighted by atomic mass is 9.98. The maximum atomic E-state index is 13.9. The van der Waals surface area contributed by atoms with Crippen LogP contribution in [0.2, 0.25) is 0 Å². The second-order valence-electron chi connectivity index (χ2n) is 7.21. The van der Waals surface area contributed by atoms with E-state index in [1.807, 2.05) is 4.90 Å². The summed E-state index contributed by atoms with van der Waals surface area (Å²) in [4.78, 5) is 33.5. The van der Waals surface area contributed by atoms with Crippen LogP contribution in [0, 0.1) is 5.95 Å². The van der Waals surface area contributed by atoms with Gasteiger partial charge in [-0.1, -0.05) is 0 Å². The molecule has 3 atom stereocenters. The molecule has 3 unspecified atom stereocenters. The molecule has 134 valence electrons. The van der Waals surface area contributed by atoms with Crippen LogP contribution in [0.1, 0.15) is 26.2 Å². The second-order valence-corrected chi connectivity index (χ2v) is 7.21. The molecule has 0 radical (unpaired) electrons. The van der Waals surface area contributed by atoms with Crippen LogP contribution >= 0.6 is 0 Å². The van der Waals surface area contributed by atoms with E-state index in [0.717, 1.165) is 0 Å². The predicted molar refractivity (Wildman–Crippen MR) is 85.2 cm³/mol. The van der Waals surface area contributed by atoms with Crippen molar-refractivity contribution < 1.29 is 18.7 Å². The van der Waals surface area contributed by atoms with Gasteiger partial charge in [0.05, 0.1) is 19.2 Å². The number of hydrogen-bond acceptors (Lipinski definition) is 6. The predicted octanol–water partition coefficient (Wildman–Crippen LogP) is -0.252. The number of amides is 2. The number of carbonyl (C=O) groups is 2. The number of aromatic nitrogens is 2. The van der Waals surface area contributed by atoms with Gasteiger partial charge < -0.3 is 20.3 Å². The lowest BCUT2D eigenvalue weighted by Crippen LogP contribution is -2.56. The van der Waals surface area contributed by atoms with Crippen molar-refractivity contribution in [3.8, 4) is 0 Å². The Morgan fingerprint density at radius 3 is 3.04 bits per heavy atom. The first-order valence-electron chi connectivity index (χ1n) is 8.37. The third-order valence-electron chi connectivity index (χ3n) is 5.34. The van der Waals surface area contributed by atoms with Crippen molar-refractivity contribution in [2.24, 2.45) is 0 Å². The normalized spacial score (nSPS) is 33.6. The van der Waals surface area contributed by atoms with Gasteiger partial charge in [-0.2, -0.15) is 4.39 Å². The van der Waals surface area contributed by atoms with Crippen molar-refractivity contribution in [1.29, 1.82) is 0 Å². The molecule has 8 nitrogen and oxygen atoms in total. The number of carbonyl (C=O) groups excluding carboxylic acids is 2. The molecule has 1 aromatic heterocycles. The van der Waals surface area contributed by atoms with E-state index in [-0.39, 0.29) is 23.7 Å². The highest BCUT2D eigenvalue weighted by atomic mass is 19.1. The fourth-order valence-corrected chi connectivity index (χ4v) is 3.91. The minimum Gasteiger partial charge on any atom is -0.369 e. The number of morpholine rings is 1. The lowest BCUT2D eigenvalue weighted by Gasteiger charge is -2.34. The number of rotatable bonds is 4. The summed E-state index contributed by atoms with van der Waals surface area (Å²) in [6, 6.07) is 0.0184. The number of fused-ring (bicyclic) bond motifs is 2. The van der Waals surface area contributed by atoms with Crippen LogP contribution in [-0.4, -0.2) is 58.7 Å². The first-order valence-corrected chi connectivity index (χ1v) is 8.37. The van der Waals surface area contributed by atoms with Crippen LogP contribution in [0.4, 0.5) is 10.2 Å². The minimum atomic E-state index is -0.874. The standard InChI is InChI=1S/C16H20FN5O3/c1-15(3-2-11(23)21-15)14(24)20-8-16-6-10(7-25-16)22(9-16)13-12(17)18-4-5-19-13/h4-5,10H,2-3,6-9H2,1H3,(H,20,24)(H,21,23). The zero-order valence-electron chi connectivity index (χ0n) is 13.9. The number of anilines is 1. The van der Waals surface area contributed by atoms with Gasteiger partial charge in [-0.3, -0.25) is 9.59 Å². The molecular weight excluding hydrogens is 329 g/mol. The molecule has 1 aromatic rings. The van der Waals surface area contributed by atoms with E-state index < -0.39 is 17.1 Å². The average molecular weight is 349 g/mol. The van der Waals surface area contributed by atoms with Crippen LogP contribution in [0.3, 0.4) is 0 Å². The summed E-state index contributed by atoms with van der Waals surface area (Å²) in [5, 5.41) is 5.62. The topological polar surface area (TPSA) is 96.4 Å². The smallest absolute Gasteiger partial charge is 0.255 e. The van der Waals surface area contributed by atoms with Gasteiger partial charge in [-0.25, -0.2) is 9.97 Å². The van der Waals surface area contributed by atoms with Crippen molar-refractivity contribution in [2.45, 2.75) is 43.4 Å². The van der Waals surface area contributed by atoms with Gasteiger partial charge in [0, 0.05) is 31.8 Å². The molecule has 25 heavy (non-hydrogen) atoms. The summed E-state index contributed by atoms with van der Waals surface area (Å²) in [6.45, 7) is 2.93. The first kappa shape index (κ1) is 16.2. The molecule has 3 aliphatic rings. The molecule has 4 rings (SSSR count). The van der Waals surface area contributed by atoms with Crippen molar-refractivity contribution in [1.82, 2.24) is 20.6 Å². The summed E-state index contributed by atoms with van der Waals surface area (Å²) in [5.41, 5.74) is -1.44. The molecule has 4 heterocycles. The molecule has 3 aliphatic heterocycles.